The summed E-state index contributed by atoms with van der Waals surface area (Å²) >= 11 is 0. The van der Waals surface area contributed by atoms with Crippen molar-refractivity contribution in [1.82, 2.24) is 10.9 Å². The molecule has 8 heteroatoms. The highest BCUT2D eigenvalue weighted by molar-refractivity contribution is 5.82. The SMILES string of the molecule is CC(C)(C)c1cc(O)c(CCC(=O)NNC(=O)CCc2c(O)cc(C(C)(C)C)c(O)c2C(C)(C)C)c(C(C)(C)C)c1O. The minimum absolute atomic E-state index is 0.0228. The molecule has 0 fully saturated rings. The van der Waals surface area contributed by atoms with E-state index in [0.29, 0.717) is 33.4 Å². The molecule has 42 heavy (non-hydrogen) atoms. The van der Waals surface area contributed by atoms with Crippen molar-refractivity contribution < 1.29 is 30.0 Å². The van der Waals surface area contributed by atoms with Gasteiger partial charge in [-0.25, -0.2) is 0 Å². The fraction of sp³-hybridized carbons (Fsp3) is 0.588. The van der Waals surface area contributed by atoms with Gasteiger partial charge in [-0.15, -0.1) is 0 Å². The van der Waals surface area contributed by atoms with E-state index in [4.69, 9.17) is 0 Å². The van der Waals surface area contributed by atoms with E-state index in [0.717, 1.165) is 0 Å². The third-order valence-corrected chi connectivity index (χ3v) is 7.43. The number of phenolic OH excluding ortho intramolecular Hbond substituents is 4. The molecule has 0 saturated carbocycles. The molecular weight excluding hydrogens is 532 g/mol. The van der Waals surface area contributed by atoms with Crippen molar-refractivity contribution in [3.63, 3.8) is 0 Å². The molecule has 6 N–H and O–H groups in total. The Labute approximate surface area is 251 Å². The van der Waals surface area contributed by atoms with Gasteiger partial charge in [-0.2, -0.15) is 0 Å². The Balaban J connectivity index is 2.14. The summed E-state index contributed by atoms with van der Waals surface area (Å²) in [5, 5.41) is 44.0. The molecular formula is C34H52N2O6. The average Bonchev–Trinajstić information content (AvgIpc) is 2.79. The molecule has 0 radical (unpaired) electrons. The standard InChI is InChI=1S/C34H52N2O6/c1-31(2,3)21-17-23(37)19(27(29(21)41)33(7,8)9)13-15-25(39)35-36-26(40)16-14-20-24(38)18-22(32(4,5)6)30(42)28(20)34(10,11)12/h17-18,37-38,41-42H,13-16H2,1-12H3,(H,35,39)(H,36,40). The molecule has 0 aromatic heterocycles. The predicted molar refractivity (Wildman–Crippen MR) is 167 cm³/mol. The number of hydrogen-bond acceptors (Lipinski definition) is 6. The summed E-state index contributed by atoms with van der Waals surface area (Å²) in [7, 11) is 0. The zero-order valence-corrected chi connectivity index (χ0v) is 27.6. The van der Waals surface area contributed by atoms with Gasteiger partial charge < -0.3 is 20.4 Å². The molecule has 0 aliphatic carbocycles. The number of hydrazine groups is 1. The molecule has 0 bridgehead atoms. The number of rotatable bonds is 6. The summed E-state index contributed by atoms with van der Waals surface area (Å²) in [6, 6.07) is 3.12. The van der Waals surface area contributed by atoms with Crippen molar-refractivity contribution >= 4 is 11.8 Å². The van der Waals surface area contributed by atoms with Crippen LogP contribution in [0.5, 0.6) is 23.0 Å². The maximum absolute atomic E-state index is 12.7. The Hall–Kier alpha value is -3.42. The fourth-order valence-electron chi connectivity index (χ4n) is 5.40. The molecule has 0 saturated heterocycles. The van der Waals surface area contributed by atoms with Crippen molar-refractivity contribution in [2.24, 2.45) is 0 Å². The van der Waals surface area contributed by atoms with Crippen LogP contribution in [-0.2, 0) is 44.1 Å². The normalized spacial score (nSPS) is 12.8. The highest BCUT2D eigenvalue weighted by Crippen LogP contribution is 2.46. The van der Waals surface area contributed by atoms with E-state index in [1.165, 1.54) is 0 Å². The molecule has 2 aromatic rings. The molecule has 2 rings (SSSR count). The lowest BCUT2D eigenvalue weighted by Gasteiger charge is -2.30. The number of carbonyl (C=O) groups excluding carboxylic acids is 2. The van der Waals surface area contributed by atoms with E-state index >= 15 is 0 Å². The van der Waals surface area contributed by atoms with E-state index in [-0.39, 0.29) is 59.5 Å². The molecule has 0 unspecified atom stereocenters. The number of hydrogen-bond donors (Lipinski definition) is 6. The van der Waals surface area contributed by atoms with Crippen LogP contribution in [0.4, 0.5) is 0 Å². The smallest absolute Gasteiger partial charge is 0.238 e. The largest absolute Gasteiger partial charge is 0.508 e. The van der Waals surface area contributed by atoms with E-state index in [9.17, 15) is 30.0 Å². The van der Waals surface area contributed by atoms with Crippen LogP contribution in [0, 0.1) is 0 Å². The van der Waals surface area contributed by atoms with Crippen LogP contribution in [0.2, 0.25) is 0 Å². The number of benzene rings is 2. The third-order valence-electron chi connectivity index (χ3n) is 7.43. The summed E-state index contributed by atoms with van der Waals surface area (Å²) in [6.07, 6.45) is 0.283. The number of amides is 2. The van der Waals surface area contributed by atoms with Gasteiger partial charge in [0.2, 0.25) is 11.8 Å². The first-order valence-electron chi connectivity index (χ1n) is 14.6. The van der Waals surface area contributed by atoms with Gasteiger partial charge in [0, 0.05) is 46.2 Å². The second-order valence-electron chi connectivity index (χ2n) is 15.4. The quantitative estimate of drug-likeness (QED) is 0.171. The zero-order valence-electron chi connectivity index (χ0n) is 27.6. The van der Waals surface area contributed by atoms with E-state index in [1.54, 1.807) is 12.1 Å². The maximum Gasteiger partial charge on any atom is 0.238 e. The van der Waals surface area contributed by atoms with E-state index in [1.807, 2.05) is 83.1 Å². The van der Waals surface area contributed by atoms with Crippen LogP contribution >= 0.6 is 0 Å². The third kappa shape index (κ3) is 8.11. The number of carbonyl (C=O) groups is 2. The Morgan fingerprint density at radius 1 is 0.548 bits per heavy atom. The van der Waals surface area contributed by atoms with Gasteiger partial charge in [-0.05, 0) is 46.6 Å². The molecule has 0 aliphatic rings. The van der Waals surface area contributed by atoms with Gasteiger partial charge in [0.1, 0.15) is 23.0 Å². The van der Waals surface area contributed by atoms with E-state index in [2.05, 4.69) is 10.9 Å². The average molecular weight is 585 g/mol. The number of nitrogens with one attached hydrogen (secondary N) is 2. The van der Waals surface area contributed by atoms with Crippen LogP contribution in [0.15, 0.2) is 12.1 Å². The summed E-state index contributed by atoms with van der Waals surface area (Å²) in [4.78, 5) is 25.3. The van der Waals surface area contributed by atoms with Crippen molar-refractivity contribution in [1.29, 1.82) is 0 Å². The van der Waals surface area contributed by atoms with Gasteiger partial charge in [-0.3, -0.25) is 20.4 Å². The van der Waals surface area contributed by atoms with Gasteiger partial charge >= 0.3 is 0 Å². The lowest BCUT2D eigenvalue weighted by atomic mass is 9.76. The minimum Gasteiger partial charge on any atom is -0.508 e. The lowest BCUT2D eigenvalue weighted by Crippen LogP contribution is -2.41. The second kappa shape index (κ2) is 12.1. The first kappa shape index (κ1) is 34.8. The summed E-state index contributed by atoms with van der Waals surface area (Å²) in [6.45, 7) is 23.4. The van der Waals surface area contributed by atoms with Crippen LogP contribution in [0.1, 0.15) is 129 Å². The number of phenols is 4. The van der Waals surface area contributed by atoms with Gasteiger partial charge in [0.25, 0.3) is 0 Å². The Bertz CT molecular complexity index is 1230. The maximum atomic E-state index is 12.7. The lowest BCUT2D eigenvalue weighted by molar-refractivity contribution is -0.128. The molecule has 8 nitrogen and oxygen atoms in total. The van der Waals surface area contributed by atoms with Crippen LogP contribution in [0.3, 0.4) is 0 Å². The summed E-state index contributed by atoms with van der Waals surface area (Å²) < 4.78 is 0. The van der Waals surface area contributed by atoms with Crippen LogP contribution < -0.4 is 10.9 Å². The highest BCUT2D eigenvalue weighted by atomic mass is 16.3. The van der Waals surface area contributed by atoms with Crippen molar-refractivity contribution in [2.75, 3.05) is 0 Å². The minimum atomic E-state index is -0.486. The molecule has 0 heterocycles. The second-order valence-corrected chi connectivity index (χ2v) is 15.4. The van der Waals surface area contributed by atoms with Crippen molar-refractivity contribution in [3.8, 4) is 23.0 Å². The summed E-state index contributed by atoms with van der Waals surface area (Å²) in [5.74, 6) is -0.615. The van der Waals surface area contributed by atoms with Gasteiger partial charge in [0.05, 0.1) is 0 Å². The summed E-state index contributed by atoms with van der Waals surface area (Å²) in [5.41, 5.74) is 6.55. The molecule has 0 spiro atoms. The Kier molecular flexibility index (Phi) is 9.98. The molecule has 0 atom stereocenters. The number of aromatic hydroxyl groups is 4. The van der Waals surface area contributed by atoms with Crippen LogP contribution in [-0.4, -0.2) is 32.2 Å². The van der Waals surface area contributed by atoms with E-state index < -0.39 is 22.6 Å². The molecule has 2 amide bonds. The Morgan fingerprint density at radius 2 is 0.833 bits per heavy atom. The topological polar surface area (TPSA) is 139 Å². The zero-order chi connectivity index (χ0) is 32.6. The molecule has 2 aromatic carbocycles. The van der Waals surface area contributed by atoms with Crippen molar-refractivity contribution in [2.45, 2.75) is 130 Å². The van der Waals surface area contributed by atoms with Crippen LogP contribution in [0.25, 0.3) is 0 Å². The fourth-order valence-corrected chi connectivity index (χ4v) is 5.40. The van der Waals surface area contributed by atoms with Gasteiger partial charge in [0.15, 0.2) is 0 Å². The van der Waals surface area contributed by atoms with Gasteiger partial charge in [-0.1, -0.05) is 83.1 Å². The van der Waals surface area contributed by atoms with Crippen molar-refractivity contribution in [3.05, 3.63) is 45.5 Å². The molecule has 0 aliphatic heterocycles. The first-order valence-corrected chi connectivity index (χ1v) is 14.6. The predicted octanol–water partition coefficient (Wildman–Crippen LogP) is 6.41. The first-order chi connectivity index (χ1) is 18.9. The molecule has 234 valence electrons. The highest BCUT2D eigenvalue weighted by Gasteiger charge is 2.32. The Morgan fingerprint density at radius 3 is 1.07 bits per heavy atom. The monoisotopic (exact) mass is 584 g/mol.